The van der Waals surface area contributed by atoms with E-state index >= 15 is 0 Å². The van der Waals surface area contributed by atoms with Crippen LogP contribution in [0, 0.1) is 5.92 Å². The van der Waals surface area contributed by atoms with Gasteiger partial charge in [0.25, 0.3) is 0 Å². The van der Waals surface area contributed by atoms with Crippen LogP contribution in [0.3, 0.4) is 0 Å². The first-order chi connectivity index (χ1) is 8.77. The zero-order valence-electron chi connectivity index (χ0n) is 11.3. The maximum Gasteiger partial charge on any atom is 0.101 e. The van der Waals surface area contributed by atoms with Crippen molar-refractivity contribution in [3.8, 4) is 0 Å². The number of thiophene rings is 1. The molecule has 2 nitrogen and oxygen atoms in total. The zero-order valence-corrected chi connectivity index (χ0v) is 12.1. The summed E-state index contributed by atoms with van der Waals surface area (Å²) in [6.07, 6.45) is 7.92. The number of nitrogens with one attached hydrogen (secondary N) is 1. The Morgan fingerprint density at radius 1 is 1.33 bits per heavy atom. The summed E-state index contributed by atoms with van der Waals surface area (Å²) in [5.41, 5.74) is 0. The van der Waals surface area contributed by atoms with Gasteiger partial charge in [-0.25, -0.2) is 0 Å². The molecule has 2 N–H and O–H groups in total. The molecule has 0 bridgehead atoms. The summed E-state index contributed by atoms with van der Waals surface area (Å²) >= 11 is 1.63. The molecule has 18 heavy (non-hydrogen) atoms. The highest BCUT2D eigenvalue weighted by Crippen LogP contribution is 2.26. The van der Waals surface area contributed by atoms with Gasteiger partial charge in [-0.15, -0.1) is 11.3 Å². The van der Waals surface area contributed by atoms with Gasteiger partial charge in [-0.3, -0.25) is 0 Å². The highest BCUT2D eigenvalue weighted by molar-refractivity contribution is 7.10. The third-order valence-electron chi connectivity index (χ3n) is 4.11. The molecule has 1 aromatic rings. The molecule has 1 aliphatic rings. The number of hydrogen-bond acceptors (Lipinski definition) is 3. The van der Waals surface area contributed by atoms with E-state index < -0.39 is 0 Å². The summed E-state index contributed by atoms with van der Waals surface area (Å²) in [5, 5.41) is 15.6. The lowest BCUT2D eigenvalue weighted by molar-refractivity contribution is 0.167. The summed E-state index contributed by atoms with van der Waals surface area (Å²) in [7, 11) is 0. The number of aliphatic hydroxyl groups excluding tert-OH is 1. The van der Waals surface area contributed by atoms with Gasteiger partial charge in [-0.2, -0.15) is 0 Å². The average molecular weight is 267 g/mol. The molecule has 1 aromatic heterocycles. The first-order valence-electron chi connectivity index (χ1n) is 7.22. The first kappa shape index (κ1) is 14.0. The molecular weight excluding hydrogens is 242 g/mol. The van der Waals surface area contributed by atoms with Crippen LogP contribution in [0.1, 0.15) is 56.4 Å². The van der Waals surface area contributed by atoms with E-state index in [4.69, 9.17) is 0 Å². The van der Waals surface area contributed by atoms with Gasteiger partial charge in [0.2, 0.25) is 0 Å². The largest absolute Gasteiger partial charge is 0.386 e. The van der Waals surface area contributed by atoms with Gasteiger partial charge < -0.3 is 10.4 Å². The highest BCUT2D eigenvalue weighted by Gasteiger charge is 2.19. The number of hydrogen-bond donors (Lipinski definition) is 2. The fourth-order valence-corrected chi connectivity index (χ4v) is 3.57. The van der Waals surface area contributed by atoms with Crippen molar-refractivity contribution in [3.63, 3.8) is 0 Å². The Labute approximate surface area is 114 Å². The van der Waals surface area contributed by atoms with Crippen LogP contribution in [-0.4, -0.2) is 17.7 Å². The Balaban J connectivity index is 1.75. The van der Waals surface area contributed by atoms with E-state index in [2.05, 4.69) is 12.2 Å². The molecule has 1 aliphatic carbocycles. The second kappa shape index (κ2) is 7.27. The highest BCUT2D eigenvalue weighted by atomic mass is 32.1. The number of rotatable bonds is 5. The van der Waals surface area contributed by atoms with E-state index in [1.54, 1.807) is 11.3 Å². The Kier molecular flexibility index (Phi) is 5.67. The van der Waals surface area contributed by atoms with E-state index in [-0.39, 0.29) is 6.10 Å². The van der Waals surface area contributed by atoms with Crippen molar-refractivity contribution >= 4 is 11.3 Å². The Morgan fingerprint density at radius 2 is 2.06 bits per heavy atom. The average Bonchev–Trinajstić information content (AvgIpc) is 2.78. The second-order valence-corrected chi connectivity index (χ2v) is 6.46. The molecule has 0 aliphatic heterocycles. The van der Waals surface area contributed by atoms with Gasteiger partial charge in [0.1, 0.15) is 6.10 Å². The van der Waals surface area contributed by atoms with Crippen molar-refractivity contribution in [2.24, 2.45) is 5.92 Å². The fraction of sp³-hybridized carbons (Fsp3) is 0.733. The quantitative estimate of drug-likeness (QED) is 0.797. The van der Waals surface area contributed by atoms with Gasteiger partial charge in [0.05, 0.1) is 0 Å². The summed E-state index contributed by atoms with van der Waals surface area (Å²) in [4.78, 5) is 1.07. The normalized spacial score (nSPS) is 21.4. The van der Waals surface area contributed by atoms with Crippen LogP contribution in [0.5, 0.6) is 0 Å². The molecule has 2 rings (SSSR count). The maximum absolute atomic E-state index is 10.1. The molecular formula is C15H25NOS. The SMILES string of the molecule is C[C@@H](NCC(O)c1cccs1)C1CCCCCC1. The topological polar surface area (TPSA) is 32.3 Å². The molecule has 1 heterocycles. The van der Waals surface area contributed by atoms with E-state index in [9.17, 15) is 5.11 Å². The molecule has 1 saturated carbocycles. The third-order valence-corrected chi connectivity index (χ3v) is 5.09. The van der Waals surface area contributed by atoms with Gasteiger partial charge in [-0.05, 0) is 37.1 Å². The van der Waals surface area contributed by atoms with Crippen LogP contribution < -0.4 is 5.32 Å². The Hall–Kier alpha value is -0.380. The molecule has 0 radical (unpaired) electrons. The predicted octanol–water partition coefficient (Wildman–Crippen LogP) is 3.73. The monoisotopic (exact) mass is 267 g/mol. The van der Waals surface area contributed by atoms with Gasteiger partial charge in [0.15, 0.2) is 0 Å². The van der Waals surface area contributed by atoms with E-state index in [0.717, 1.165) is 10.8 Å². The van der Waals surface area contributed by atoms with Gasteiger partial charge in [0, 0.05) is 17.5 Å². The van der Waals surface area contributed by atoms with Crippen LogP contribution >= 0.6 is 11.3 Å². The van der Waals surface area contributed by atoms with Gasteiger partial charge >= 0.3 is 0 Å². The summed E-state index contributed by atoms with van der Waals surface area (Å²) in [5.74, 6) is 0.794. The molecule has 0 saturated heterocycles. The fourth-order valence-electron chi connectivity index (χ4n) is 2.86. The molecule has 1 fully saturated rings. The van der Waals surface area contributed by atoms with Crippen molar-refractivity contribution in [1.82, 2.24) is 5.32 Å². The van der Waals surface area contributed by atoms with E-state index in [1.165, 1.54) is 38.5 Å². The molecule has 0 amide bonds. The Morgan fingerprint density at radius 3 is 2.67 bits per heavy atom. The molecule has 0 spiro atoms. The molecule has 1 unspecified atom stereocenters. The van der Waals surface area contributed by atoms with E-state index in [0.29, 0.717) is 12.6 Å². The van der Waals surface area contributed by atoms with Crippen LogP contribution in [0.4, 0.5) is 0 Å². The summed E-state index contributed by atoms with van der Waals surface area (Å²) in [6, 6.07) is 4.53. The van der Waals surface area contributed by atoms with Crippen molar-refractivity contribution in [2.45, 2.75) is 57.6 Å². The second-order valence-electron chi connectivity index (χ2n) is 5.48. The van der Waals surface area contributed by atoms with Crippen LogP contribution in [0.2, 0.25) is 0 Å². The third kappa shape index (κ3) is 4.08. The number of aliphatic hydroxyl groups is 1. The molecule has 102 valence electrons. The van der Waals surface area contributed by atoms with Crippen LogP contribution in [0.25, 0.3) is 0 Å². The van der Waals surface area contributed by atoms with Crippen molar-refractivity contribution in [1.29, 1.82) is 0 Å². The zero-order chi connectivity index (χ0) is 12.8. The first-order valence-corrected chi connectivity index (χ1v) is 8.10. The minimum atomic E-state index is -0.349. The van der Waals surface area contributed by atoms with E-state index in [1.807, 2.05) is 17.5 Å². The summed E-state index contributed by atoms with van der Waals surface area (Å²) < 4.78 is 0. The van der Waals surface area contributed by atoms with Crippen molar-refractivity contribution in [3.05, 3.63) is 22.4 Å². The van der Waals surface area contributed by atoms with Crippen LogP contribution in [-0.2, 0) is 0 Å². The predicted molar refractivity (Wildman–Crippen MR) is 77.9 cm³/mol. The maximum atomic E-state index is 10.1. The van der Waals surface area contributed by atoms with Gasteiger partial charge in [-0.1, -0.05) is 31.7 Å². The lowest BCUT2D eigenvalue weighted by atomic mass is 9.93. The lowest BCUT2D eigenvalue weighted by Crippen LogP contribution is -2.36. The van der Waals surface area contributed by atoms with Crippen LogP contribution in [0.15, 0.2) is 17.5 Å². The minimum Gasteiger partial charge on any atom is -0.386 e. The summed E-state index contributed by atoms with van der Waals surface area (Å²) in [6.45, 7) is 2.95. The smallest absolute Gasteiger partial charge is 0.101 e. The lowest BCUT2D eigenvalue weighted by Gasteiger charge is -2.24. The molecule has 0 aromatic carbocycles. The standard InChI is InChI=1S/C15H25NOS/c1-12(13-7-4-2-3-5-8-13)16-11-14(17)15-9-6-10-18-15/h6,9-10,12-14,16-17H,2-5,7-8,11H2,1H3/t12-,14?/m1/s1. The van der Waals surface area contributed by atoms with Crippen molar-refractivity contribution < 1.29 is 5.11 Å². The molecule has 3 heteroatoms. The Bertz CT molecular complexity index is 317. The minimum absolute atomic E-state index is 0.349. The van der Waals surface area contributed by atoms with Crippen molar-refractivity contribution in [2.75, 3.05) is 6.54 Å². The molecule has 2 atom stereocenters.